The van der Waals surface area contributed by atoms with Crippen molar-refractivity contribution in [2.45, 2.75) is 6.92 Å². The highest BCUT2D eigenvalue weighted by Crippen LogP contribution is 2.26. The molecule has 0 saturated heterocycles. The summed E-state index contributed by atoms with van der Waals surface area (Å²) in [5.41, 5.74) is 13.3. The van der Waals surface area contributed by atoms with Crippen molar-refractivity contribution in [3.05, 3.63) is 42.0 Å². The second kappa shape index (κ2) is 5.39. The van der Waals surface area contributed by atoms with Crippen molar-refractivity contribution in [3.63, 3.8) is 0 Å². The quantitative estimate of drug-likeness (QED) is 0.821. The van der Waals surface area contributed by atoms with Gasteiger partial charge in [0, 0.05) is 0 Å². The lowest BCUT2D eigenvalue weighted by atomic mass is 10.0. The van der Waals surface area contributed by atoms with E-state index in [-0.39, 0.29) is 5.97 Å². The van der Waals surface area contributed by atoms with Crippen LogP contribution in [0.5, 0.6) is 0 Å². The number of nitrogen functional groups attached to an aromatic ring is 2. The Morgan fingerprint density at radius 3 is 2.47 bits per heavy atom. The number of carbonyl (C=O) groups is 1. The van der Waals surface area contributed by atoms with Crippen molar-refractivity contribution in [1.29, 1.82) is 0 Å². The number of aromatic nitrogens is 1. The van der Waals surface area contributed by atoms with E-state index in [9.17, 15) is 4.79 Å². The molecule has 0 unspecified atom stereocenters. The number of nitrogens with zero attached hydrogens (tertiary/aromatic N) is 1. The second-order valence-corrected chi connectivity index (χ2v) is 3.97. The van der Waals surface area contributed by atoms with Crippen LogP contribution in [0, 0.1) is 0 Å². The van der Waals surface area contributed by atoms with Gasteiger partial charge in [0.1, 0.15) is 11.6 Å². The first-order valence-electron chi connectivity index (χ1n) is 5.91. The summed E-state index contributed by atoms with van der Waals surface area (Å²) in [7, 11) is 0. The van der Waals surface area contributed by atoms with Crippen LogP contribution in [0.1, 0.15) is 17.3 Å². The highest BCUT2D eigenvalue weighted by molar-refractivity contribution is 5.97. The van der Waals surface area contributed by atoms with E-state index < -0.39 is 0 Å². The van der Waals surface area contributed by atoms with Gasteiger partial charge in [-0.25, -0.2) is 9.78 Å². The molecule has 98 valence electrons. The molecule has 0 bridgehead atoms. The molecule has 0 radical (unpaired) electrons. The molecule has 1 aromatic heterocycles. The van der Waals surface area contributed by atoms with E-state index in [1.165, 1.54) is 0 Å². The highest BCUT2D eigenvalue weighted by Gasteiger charge is 2.13. The van der Waals surface area contributed by atoms with Crippen molar-refractivity contribution in [2.75, 3.05) is 18.1 Å². The molecule has 0 aliphatic rings. The molecule has 2 aromatic rings. The van der Waals surface area contributed by atoms with Gasteiger partial charge >= 0.3 is 5.97 Å². The standard InChI is InChI=1S/C14H15N3O2/c1-2-19-14(18)11-6-4-3-5-10(11)9-7-12(15)17-13(16)8-9/h3-8H,2H2,1H3,(H4,15,16,17). The molecule has 2 rings (SSSR count). The van der Waals surface area contributed by atoms with Crippen LogP contribution in [0.15, 0.2) is 36.4 Å². The van der Waals surface area contributed by atoms with Gasteiger partial charge in [0.25, 0.3) is 0 Å². The normalized spacial score (nSPS) is 10.2. The lowest BCUT2D eigenvalue weighted by molar-refractivity contribution is 0.0527. The van der Waals surface area contributed by atoms with E-state index in [1.807, 2.05) is 12.1 Å². The first-order valence-corrected chi connectivity index (χ1v) is 5.91. The van der Waals surface area contributed by atoms with Crippen LogP contribution in [0.25, 0.3) is 11.1 Å². The summed E-state index contributed by atoms with van der Waals surface area (Å²) < 4.78 is 5.03. The second-order valence-electron chi connectivity index (χ2n) is 3.97. The number of pyridine rings is 1. The van der Waals surface area contributed by atoms with Crippen molar-refractivity contribution in [1.82, 2.24) is 4.98 Å². The number of rotatable bonds is 3. The number of ether oxygens (including phenoxy) is 1. The minimum atomic E-state index is -0.368. The van der Waals surface area contributed by atoms with Gasteiger partial charge in [0.15, 0.2) is 0 Å². The van der Waals surface area contributed by atoms with Crippen LogP contribution in [0.2, 0.25) is 0 Å². The van der Waals surface area contributed by atoms with Crippen LogP contribution in [0.3, 0.4) is 0 Å². The predicted molar refractivity (Wildman–Crippen MR) is 74.5 cm³/mol. The van der Waals surface area contributed by atoms with E-state index in [4.69, 9.17) is 16.2 Å². The lowest BCUT2D eigenvalue weighted by Gasteiger charge is -2.09. The lowest BCUT2D eigenvalue weighted by Crippen LogP contribution is -2.06. The summed E-state index contributed by atoms with van der Waals surface area (Å²) in [6.07, 6.45) is 0. The Balaban J connectivity index is 2.52. The van der Waals surface area contributed by atoms with Gasteiger partial charge in [-0.15, -0.1) is 0 Å². The maximum Gasteiger partial charge on any atom is 0.338 e. The van der Waals surface area contributed by atoms with Gasteiger partial charge in [0.05, 0.1) is 12.2 Å². The molecule has 0 aliphatic carbocycles. The minimum absolute atomic E-state index is 0.314. The molecule has 1 aromatic carbocycles. The Hall–Kier alpha value is -2.56. The summed E-state index contributed by atoms with van der Waals surface area (Å²) >= 11 is 0. The maximum atomic E-state index is 11.9. The molecule has 1 heterocycles. The number of anilines is 2. The van der Waals surface area contributed by atoms with Crippen LogP contribution in [-0.4, -0.2) is 17.6 Å². The Morgan fingerprint density at radius 2 is 1.84 bits per heavy atom. The van der Waals surface area contributed by atoms with Crippen molar-refractivity contribution in [2.24, 2.45) is 0 Å². The molecule has 0 atom stereocenters. The molecule has 19 heavy (non-hydrogen) atoms. The molecule has 0 saturated carbocycles. The largest absolute Gasteiger partial charge is 0.462 e. The summed E-state index contributed by atoms with van der Waals surface area (Å²) in [5.74, 6) is 0.259. The number of esters is 1. The van der Waals surface area contributed by atoms with Crippen LogP contribution >= 0.6 is 0 Å². The zero-order valence-corrected chi connectivity index (χ0v) is 10.6. The summed E-state index contributed by atoms with van der Waals surface area (Å²) in [5, 5.41) is 0. The molecule has 0 aliphatic heterocycles. The third kappa shape index (κ3) is 2.82. The first kappa shape index (κ1) is 12.9. The fourth-order valence-electron chi connectivity index (χ4n) is 1.85. The molecule has 5 heteroatoms. The molecular formula is C14H15N3O2. The van der Waals surface area contributed by atoms with Crippen molar-refractivity contribution in [3.8, 4) is 11.1 Å². The molecule has 0 fully saturated rings. The number of carbonyl (C=O) groups excluding carboxylic acids is 1. The summed E-state index contributed by atoms with van der Waals surface area (Å²) in [4.78, 5) is 15.8. The highest BCUT2D eigenvalue weighted by atomic mass is 16.5. The average Bonchev–Trinajstić information content (AvgIpc) is 2.38. The smallest absolute Gasteiger partial charge is 0.338 e. The monoisotopic (exact) mass is 257 g/mol. The first-order chi connectivity index (χ1) is 9.11. The average molecular weight is 257 g/mol. The number of benzene rings is 1. The Kier molecular flexibility index (Phi) is 3.66. The van der Waals surface area contributed by atoms with Gasteiger partial charge in [-0.3, -0.25) is 0 Å². The number of hydrogen-bond acceptors (Lipinski definition) is 5. The Bertz CT molecular complexity index is 591. The van der Waals surface area contributed by atoms with E-state index >= 15 is 0 Å². The molecular weight excluding hydrogens is 242 g/mol. The third-order valence-electron chi connectivity index (χ3n) is 2.60. The predicted octanol–water partition coefficient (Wildman–Crippen LogP) is 2.09. The van der Waals surface area contributed by atoms with Gasteiger partial charge in [-0.05, 0) is 36.2 Å². The molecule has 0 amide bonds. The zero-order valence-electron chi connectivity index (χ0n) is 10.6. The van der Waals surface area contributed by atoms with Crippen LogP contribution < -0.4 is 11.5 Å². The number of hydrogen-bond donors (Lipinski definition) is 2. The van der Waals surface area contributed by atoms with Gasteiger partial charge < -0.3 is 16.2 Å². The van der Waals surface area contributed by atoms with Gasteiger partial charge in [-0.1, -0.05) is 18.2 Å². The van der Waals surface area contributed by atoms with Crippen LogP contribution in [-0.2, 0) is 4.74 Å². The van der Waals surface area contributed by atoms with Crippen molar-refractivity contribution < 1.29 is 9.53 Å². The molecule has 0 spiro atoms. The fourth-order valence-corrected chi connectivity index (χ4v) is 1.85. The van der Waals surface area contributed by atoms with E-state index in [2.05, 4.69) is 4.98 Å². The van der Waals surface area contributed by atoms with Crippen LogP contribution in [0.4, 0.5) is 11.6 Å². The SMILES string of the molecule is CCOC(=O)c1ccccc1-c1cc(N)nc(N)c1. The number of nitrogens with two attached hydrogens (primary N) is 2. The zero-order chi connectivity index (χ0) is 13.8. The molecule has 5 nitrogen and oxygen atoms in total. The van der Waals surface area contributed by atoms with E-state index in [0.29, 0.717) is 23.8 Å². The van der Waals surface area contributed by atoms with E-state index in [0.717, 1.165) is 11.1 Å². The van der Waals surface area contributed by atoms with E-state index in [1.54, 1.807) is 31.2 Å². The van der Waals surface area contributed by atoms with Crippen molar-refractivity contribution >= 4 is 17.6 Å². The molecule has 4 N–H and O–H groups in total. The Morgan fingerprint density at radius 1 is 1.21 bits per heavy atom. The Labute approximate surface area is 111 Å². The third-order valence-corrected chi connectivity index (χ3v) is 2.60. The minimum Gasteiger partial charge on any atom is -0.462 e. The van der Waals surface area contributed by atoms with Gasteiger partial charge in [-0.2, -0.15) is 0 Å². The summed E-state index contributed by atoms with van der Waals surface area (Å²) in [6, 6.07) is 10.5. The van der Waals surface area contributed by atoms with Gasteiger partial charge in [0.2, 0.25) is 0 Å². The fraction of sp³-hybridized carbons (Fsp3) is 0.143. The maximum absolute atomic E-state index is 11.9. The topological polar surface area (TPSA) is 91.2 Å². The summed E-state index contributed by atoms with van der Waals surface area (Å²) in [6.45, 7) is 2.09.